The molecule has 1 aliphatic heterocycles. The van der Waals surface area contributed by atoms with Crippen LogP contribution in [0.1, 0.15) is 11.5 Å². The van der Waals surface area contributed by atoms with Crippen LogP contribution in [0.5, 0.6) is 0 Å². The summed E-state index contributed by atoms with van der Waals surface area (Å²) in [6.45, 7) is 6.90. The van der Waals surface area contributed by atoms with Gasteiger partial charge in [-0.25, -0.2) is 0 Å². The molecule has 6 heteroatoms. The normalized spacial score (nSPS) is 15.4. The lowest BCUT2D eigenvalue weighted by atomic mass is 10.1. The molecule has 0 amide bonds. The molecule has 1 aromatic heterocycles. The summed E-state index contributed by atoms with van der Waals surface area (Å²) in [4.78, 5) is 8.40. The van der Waals surface area contributed by atoms with Gasteiger partial charge in [0.05, 0.1) is 26.2 Å². The first-order chi connectivity index (χ1) is 12.7. The number of nitrogens with one attached hydrogen (secondary N) is 1. The second-order valence-corrected chi connectivity index (χ2v) is 7.21. The van der Waals surface area contributed by atoms with E-state index < -0.39 is 0 Å². The fraction of sp³-hybridized carbons (Fsp3) is 0.300. The van der Waals surface area contributed by atoms with Crippen LogP contribution in [0, 0.1) is 6.92 Å². The van der Waals surface area contributed by atoms with Gasteiger partial charge >= 0.3 is 0 Å². The third-order valence-electron chi connectivity index (χ3n) is 4.82. The fourth-order valence-corrected chi connectivity index (χ4v) is 3.48. The number of benzene rings is 2. The Morgan fingerprint density at radius 2 is 1.88 bits per heavy atom. The van der Waals surface area contributed by atoms with Gasteiger partial charge in [0.2, 0.25) is 5.82 Å². The highest BCUT2D eigenvalue weighted by Crippen LogP contribution is 2.19. The van der Waals surface area contributed by atoms with Crippen LogP contribution in [-0.2, 0) is 6.54 Å². The molecule has 4 rings (SSSR count). The molecular formula is C20H22ClN4O+. The van der Waals surface area contributed by atoms with Crippen LogP contribution < -0.4 is 9.80 Å². The summed E-state index contributed by atoms with van der Waals surface area (Å²) in [5.41, 5.74) is 3.40. The van der Waals surface area contributed by atoms with E-state index in [9.17, 15) is 0 Å². The molecule has 1 saturated heterocycles. The minimum atomic E-state index is 0.664. The number of halogens is 1. The number of aryl methyl sites for hydroxylation is 1. The van der Waals surface area contributed by atoms with Crippen LogP contribution in [0.25, 0.3) is 11.4 Å². The van der Waals surface area contributed by atoms with Gasteiger partial charge in [0, 0.05) is 16.3 Å². The van der Waals surface area contributed by atoms with Crippen molar-refractivity contribution in [3.05, 3.63) is 65.0 Å². The molecule has 1 N–H and O–H groups in total. The Morgan fingerprint density at radius 3 is 2.62 bits per heavy atom. The van der Waals surface area contributed by atoms with E-state index in [2.05, 4.69) is 40.2 Å². The molecule has 26 heavy (non-hydrogen) atoms. The van der Waals surface area contributed by atoms with Gasteiger partial charge in [-0.1, -0.05) is 52.7 Å². The monoisotopic (exact) mass is 369 g/mol. The molecule has 0 spiro atoms. The number of anilines is 1. The van der Waals surface area contributed by atoms with Crippen LogP contribution in [0.4, 0.5) is 5.69 Å². The number of rotatable bonds is 4. The van der Waals surface area contributed by atoms with Crippen LogP contribution in [0.2, 0.25) is 5.02 Å². The van der Waals surface area contributed by atoms with E-state index in [0.29, 0.717) is 11.7 Å². The van der Waals surface area contributed by atoms with E-state index in [1.54, 1.807) is 0 Å². The van der Waals surface area contributed by atoms with Crippen LogP contribution in [0.15, 0.2) is 53.1 Å². The van der Waals surface area contributed by atoms with Crippen molar-refractivity contribution in [2.24, 2.45) is 0 Å². The molecule has 2 aromatic carbocycles. The third-order valence-corrected chi connectivity index (χ3v) is 5.06. The molecule has 3 aromatic rings. The van der Waals surface area contributed by atoms with E-state index in [0.717, 1.165) is 43.3 Å². The molecule has 1 fully saturated rings. The van der Waals surface area contributed by atoms with Gasteiger partial charge in [-0.2, -0.15) is 4.98 Å². The van der Waals surface area contributed by atoms with E-state index in [1.165, 1.54) is 16.2 Å². The minimum Gasteiger partial charge on any atom is -0.360 e. The molecule has 0 bridgehead atoms. The predicted molar refractivity (Wildman–Crippen MR) is 103 cm³/mol. The van der Waals surface area contributed by atoms with Crippen LogP contribution >= 0.6 is 11.6 Å². The van der Waals surface area contributed by atoms with Crippen LogP contribution in [0.3, 0.4) is 0 Å². The number of hydrogen-bond acceptors (Lipinski definition) is 4. The molecule has 0 atom stereocenters. The van der Waals surface area contributed by atoms with Gasteiger partial charge in [0.25, 0.3) is 5.89 Å². The van der Waals surface area contributed by atoms with Gasteiger partial charge in [0.1, 0.15) is 0 Å². The molecule has 0 unspecified atom stereocenters. The Hall–Kier alpha value is -2.37. The average molecular weight is 370 g/mol. The molecule has 134 valence electrons. The summed E-state index contributed by atoms with van der Waals surface area (Å²) in [6.07, 6.45) is 0. The number of piperazine rings is 1. The Balaban J connectivity index is 1.35. The van der Waals surface area contributed by atoms with Crippen molar-refractivity contribution in [3.63, 3.8) is 0 Å². The maximum atomic E-state index is 6.10. The lowest BCUT2D eigenvalue weighted by Gasteiger charge is -2.33. The van der Waals surface area contributed by atoms with Gasteiger partial charge in [0.15, 0.2) is 6.54 Å². The molecule has 0 saturated carbocycles. The van der Waals surface area contributed by atoms with Crippen molar-refractivity contribution in [3.8, 4) is 11.4 Å². The van der Waals surface area contributed by atoms with Crippen molar-refractivity contribution >= 4 is 17.3 Å². The highest BCUT2D eigenvalue weighted by atomic mass is 35.5. The molecule has 5 nitrogen and oxygen atoms in total. The number of hydrogen-bond donors (Lipinski definition) is 1. The Morgan fingerprint density at radius 1 is 1.12 bits per heavy atom. The summed E-state index contributed by atoms with van der Waals surface area (Å²) in [6, 6.07) is 16.2. The van der Waals surface area contributed by atoms with Crippen LogP contribution in [-0.4, -0.2) is 36.3 Å². The van der Waals surface area contributed by atoms with Gasteiger partial charge in [-0.3, -0.25) is 0 Å². The number of aromatic nitrogens is 2. The van der Waals surface area contributed by atoms with Gasteiger partial charge in [-0.05, 0) is 25.1 Å². The first-order valence-electron chi connectivity index (χ1n) is 8.91. The fourth-order valence-electron chi connectivity index (χ4n) is 3.29. The number of nitrogens with zero attached hydrogens (tertiary/aromatic N) is 3. The maximum Gasteiger partial charge on any atom is 0.282 e. The zero-order chi connectivity index (χ0) is 17.9. The zero-order valence-corrected chi connectivity index (χ0v) is 15.5. The van der Waals surface area contributed by atoms with Gasteiger partial charge < -0.3 is 14.3 Å². The summed E-state index contributed by atoms with van der Waals surface area (Å²) < 4.78 is 5.47. The molecule has 0 radical (unpaired) electrons. The molecular weight excluding hydrogens is 348 g/mol. The quantitative estimate of drug-likeness (QED) is 0.768. The molecule has 1 aliphatic rings. The largest absolute Gasteiger partial charge is 0.360 e. The lowest BCUT2D eigenvalue weighted by molar-refractivity contribution is -0.915. The van der Waals surface area contributed by atoms with E-state index in [4.69, 9.17) is 16.1 Å². The topological polar surface area (TPSA) is 46.6 Å². The Bertz CT molecular complexity index is 870. The smallest absolute Gasteiger partial charge is 0.282 e. The van der Waals surface area contributed by atoms with E-state index >= 15 is 0 Å². The van der Waals surface area contributed by atoms with E-state index in [1.807, 2.05) is 30.3 Å². The predicted octanol–water partition coefficient (Wildman–Crippen LogP) is 2.60. The Labute approximate surface area is 158 Å². The number of quaternary nitrogens is 1. The SMILES string of the molecule is Cc1ccc(-c2noc(C[NH+]3CCN(c4cccc(Cl)c4)CC3)n2)cc1. The maximum absolute atomic E-state index is 6.10. The summed E-state index contributed by atoms with van der Waals surface area (Å²) in [5, 5.41) is 4.91. The zero-order valence-electron chi connectivity index (χ0n) is 14.8. The van der Waals surface area contributed by atoms with Crippen molar-refractivity contribution in [1.82, 2.24) is 10.1 Å². The average Bonchev–Trinajstić information content (AvgIpc) is 3.11. The van der Waals surface area contributed by atoms with Crippen molar-refractivity contribution in [1.29, 1.82) is 0 Å². The third kappa shape index (κ3) is 3.89. The van der Waals surface area contributed by atoms with Gasteiger partial charge in [-0.15, -0.1) is 0 Å². The second-order valence-electron chi connectivity index (χ2n) is 6.77. The van der Waals surface area contributed by atoms with Crippen molar-refractivity contribution in [2.45, 2.75) is 13.5 Å². The second kappa shape index (κ2) is 7.48. The minimum absolute atomic E-state index is 0.664. The van der Waals surface area contributed by atoms with E-state index in [-0.39, 0.29) is 0 Å². The summed E-state index contributed by atoms with van der Waals surface area (Å²) in [7, 11) is 0. The highest BCUT2D eigenvalue weighted by Gasteiger charge is 2.22. The highest BCUT2D eigenvalue weighted by molar-refractivity contribution is 6.30. The Kier molecular flexibility index (Phi) is 4.91. The standard InChI is InChI=1S/C20H21ClN4O/c1-15-5-7-16(8-6-15)20-22-19(26-23-20)14-24-9-11-25(12-10-24)18-4-2-3-17(21)13-18/h2-8,13H,9-12,14H2,1H3/p+1. The lowest BCUT2D eigenvalue weighted by Crippen LogP contribution is -3.13. The first-order valence-corrected chi connectivity index (χ1v) is 9.29. The molecule has 0 aliphatic carbocycles. The summed E-state index contributed by atoms with van der Waals surface area (Å²) in [5.74, 6) is 1.36. The molecule has 2 heterocycles. The van der Waals surface area contributed by atoms with Crippen molar-refractivity contribution in [2.75, 3.05) is 31.1 Å². The van der Waals surface area contributed by atoms with Crippen molar-refractivity contribution < 1.29 is 9.42 Å². The first kappa shape index (κ1) is 17.1. The summed E-state index contributed by atoms with van der Waals surface area (Å²) >= 11 is 6.10.